The minimum atomic E-state index is -0.484. The number of nitrogens with one attached hydrogen (secondary N) is 2. The van der Waals surface area contributed by atoms with Crippen molar-refractivity contribution >= 4 is 46.7 Å². The molecule has 0 saturated heterocycles. The first-order chi connectivity index (χ1) is 16.8. The van der Waals surface area contributed by atoms with Crippen LogP contribution in [0.2, 0.25) is 10.0 Å². The van der Waals surface area contributed by atoms with Crippen LogP contribution in [0, 0.1) is 12.7 Å². The maximum Gasteiger partial charge on any atom is 0.319 e. The summed E-state index contributed by atoms with van der Waals surface area (Å²) in [4.78, 5) is 12.7. The predicted octanol–water partition coefficient (Wildman–Crippen LogP) is 7.20. The number of carbonyl (C=O) groups is 1. The quantitative estimate of drug-likeness (QED) is 0.248. The summed E-state index contributed by atoms with van der Waals surface area (Å²) in [7, 11) is 0. The van der Waals surface area contributed by atoms with Crippen molar-refractivity contribution in [1.29, 1.82) is 0 Å². The van der Waals surface area contributed by atoms with Gasteiger partial charge in [0.25, 0.3) is 0 Å². The normalized spacial score (nSPS) is 11.8. The van der Waals surface area contributed by atoms with Gasteiger partial charge in [-0.05, 0) is 55.8 Å². The third-order valence-electron chi connectivity index (χ3n) is 5.17. The molecule has 35 heavy (non-hydrogen) atoms. The molecule has 4 aromatic rings. The molecule has 0 fully saturated rings. The Morgan fingerprint density at radius 2 is 1.77 bits per heavy atom. The Labute approximate surface area is 216 Å². The first-order valence-corrected chi connectivity index (χ1v) is 12.5. The van der Waals surface area contributed by atoms with E-state index in [-0.39, 0.29) is 10.8 Å². The molecule has 4 rings (SSSR count). The van der Waals surface area contributed by atoms with Crippen LogP contribution in [0.15, 0.2) is 71.9 Å². The van der Waals surface area contributed by atoms with Gasteiger partial charge in [0, 0.05) is 11.4 Å². The van der Waals surface area contributed by atoms with Gasteiger partial charge in [-0.15, -0.1) is 10.2 Å². The van der Waals surface area contributed by atoms with Crippen molar-refractivity contribution in [2.45, 2.75) is 30.8 Å². The number of halogens is 3. The number of anilines is 1. The zero-order chi connectivity index (χ0) is 24.9. The highest BCUT2D eigenvalue weighted by molar-refractivity contribution is 7.98. The molecule has 180 valence electrons. The SMILES string of the molecule is Cc1ccc(-n2c(SCc3ccc(F)cc3)nnc2C(C)NC(=O)Nc2cccc(Cl)c2Cl)cc1. The smallest absolute Gasteiger partial charge is 0.319 e. The molecule has 0 bridgehead atoms. The fourth-order valence-corrected chi connectivity index (χ4v) is 4.60. The van der Waals surface area contributed by atoms with Crippen LogP contribution >= 0.6 is 35.0 Å². The predicted molar refractivity (Wildman–Crippen MR) is 139 cm³/mol. The van der Waals surface area contributed by atoms with Gasteiger partial charge in [0.1, 0.15) is 5.82 Å². The minimum Gasteiger partial charge on any atom is -0.328 e. The second-order valence-corrected chi connectivity index (χ2v) is 9.58. The van der Waals surface area contributed by atoms with Crippen molar-refractivity contribution in [2.24, 2.45) is 0 Å². The monoisotopic (exact) mass is 529 g/mol. The van der Waals surface area contributed by atoms with Gasteiger partial charge in [0.05, 0.1) is 21.8 Å². The van der Waals surface area contributed by atoms with E-state index in [0.717, 1.165) is 16.8 Å². The van der Waals surface area contributed by atoms with Crippen LogP contribution < -0.4 is 10.6 Å². The van der Waals surface area contributed by atoms with Gasteiger partial charge in [-0.2, -0.15) is 0 Å². The largest absolute Gasteiger partial charge is 0.328 e. The lowest BCUT2D eigenvalue weighted by Crippen LogP contribution is -2.32. The minimum absolute atomic E-state index is 0.263. The average Bonchev–Trinajstić information content (AvgIpc) is 3.26. The zero-order valence-corrected chi connectivity index (χ0v) is 21.3. The van der Waals surface area contributed by atoms with Crippen molar-refractivity contribution in [3.63, 3.8) is 0 Å². The van der Waals surface area contributed by atoms with Crippen LogP contribution in [0.25, 0.3) is 5.69 Å². The molecule has 10 heteroatoms. The zero-order valence-electron chi connectivity index (χ0n) is 18.9. The van der Waals surface area contributed by atoms with Gasteiger partial charge in [-0.25, -0.2) is 9.18 Å². The highest BCUT2D eigenvalue weighted by atomic mass is 35.5. The lowest BCUT2D eigenvalue weighted by atomic mass is 10.2. The summed E-state index contributed by atoms with van der Waals surface area (Å²) in [5, 5.41) is 15.6. The number of nitrogens with zero attached hydrogens (tertiary/aromatic N) is 3. The van der Waals surface area contributed by atoms with Crippen molar-refractivity contribution < 1.29 is 9.18 Å². The summed E-state index contributed by atoms with van der Waals surface area (Å²) in [6.45, 7) is 3.83. The van der Waals surface area contributed by atoms with Crippen LogP contribution in [0.1, 0.15) is 29.9 Å². The highest BCUT2D eigenvalue weighted by Gasteiger charge is 2.21. The Morgan fingerprint density at radius 3 is 2.49 bits per heavy atom. The molecule has 1 heterocycles. The second-order valence-electron chi connectivity index (χ2n) is 7.85. The molecule has 0 aliphatic carbocycles. The Morgan fingerprint density at radius 1 is 1.06 bits per heavy atom. The summed E-state index contributed by atoms with van der Waals surface area (Å²) in [5.74, 6) is 0.865. The standard InChI is InChI=1S/C25H22Cl2FN5OS/c1-15-6-12-19(13-7-15)33-23(31-32-25(33)35-14-17-8-10-18(28)11-9-17)16(2)29-24(34)30-21-5-3-4-20(26)22(21)27/h3-13,16H,14H2,1-2H3,(H2,29,30,34). The molecule has 0 saturated carbocycles. The van der Waals surface area contributed by atoms with E-state index in [0.29, 0.717) is 27.4 Å². The van der Waals surface area contributed by atoms with E-state index < -0.39 is 12.1 Å². The number of benzene rings is 3. The summed E-state index contributed by atoms with van der Waals surface area (Å²) < 4.78 is 15.2. The second kappa shape index (κ2) is 11.1. The number of rotatable bonds is 7. The first-order valence-electron chi connectivity index (χ1n) is 10.7. The molecular weight excluding hydrogens is 508 g/mol. The molecular formula is C25H22Cl2FN5OS. The Balaban J connectivity index is 1.57. The van der Waals surface area contributed by atoms with Crippen LogP contribution in [0.5, 0.6) is 0 Å². The average molecular weight is 530 g/mol. The number of urea groups is 1. The van der Waals surface area contributed by atoms with E-state index in [1.807, 2.05) is 42.7 Å². The number of aromatic nitrogens is 3. The van der Waals surface area contributed by atoms with Crippen molar-refractivity contribution in [3.05, 3.63) is 99.5 Å². The van der Waals surface area contributed by atoms with Gasteiger partial charge in [0.2, 0.25) is 0 Å². The van der Waals surface area contributed by atoms with Crippen molar-refractivity contribution in [2.75, 3.05) is 5.32 Å². The summed E-state index contributed by atoms with van der Waals surface area (Å²) in [6.07, 6.45) is 0. The summed E-state index contributed by atoms with van der Waals surface area (Å²) in [6, 6.07) is 18.4. The number of carbonyl (C=O) groups excluding carboxylic acids is 1. The molecule has 0 aliphatic heterocycles. The third kappa shape index (κ3) is 6.14. The number of hydrogen-bond acceptors (Lipinski definition) is 4. The van der Waals surface area contributed by atoms with Crippen LogP contribution in [0.4, 0.5) is 14.9 Å². The van der Waals surface area contributed by atoms with Crippen LogP contribution in [-0.2, 0) is 5.75 Å². The number of thioether (sulfide) groups is 1. The molecule has 3 aromatic carbocycles. The molecule has 2 N–H and O–H groups in total. The maximum atomic E-state index is 13.3. The van der Waals surface area contributed by atoms with Crippen molar-refractivity contribution in [3.8, 4) is 5.69 Å². The van der Waals surface area contributed by atoms with Crippen molar-refractivity contribution in [1.82, 2.24) is 20.1 Å². The molecule has 2 amide bonds. The fourth-order valence-electron chi connectivity index (χ4n) is 3.34. The van der Waals surface area contributed by atoms with E-state index in [1.165, 1.54) is 23.9 Å². The van der Waals surface area contributed by atoms with E-state index in [2.05, 4.69) is 20.8 Å². The van der Waals surface area contributed by atoms with E-state index in [9.17, 15) is 9.18 Å². The first kappa shape index (κ1) is 25.0. The molecule has 1 atom stereocenters. The van der Waals surface area contributed by atoms with Gasteiger partial charge in [-0.3, -0.25) is 4.57 Å². The molecule has 1 aromatic heterocycles. The number of amides is 2. The molecule has 1 unspecified atom stereocenters. The van der Waals surface area contributed by atoms with Gasteiger partial charge in [0.15, 0.2) is 11.0 Å². The molecule has 6 nitrogen and oxygen atoms in total. The van der Waals surface area contributed by atoms with Gasteiger partial charge >= 0.3 is 6.03 Å². The molecule has 0 spiro atoms. The summed E-state index contributed by atoms with van der Waals surface area (Å²) in [5.41, 5.74) is 3.34. The Kier molecular flexibility index (Phi) is 7.95. The molecule has 0 aliphatic rings. The van der Waals surface area contributed by atoms with Gasteiger partial charge in [-0.1, -0.05) is 70.9 Å². The lowest BCUT2D eigenvalue weighted by Gasteiger charge is -2.17. The lowest BCUT2D eigenvalue weighted by molar-refractivity contribution is 0.249. The third-order valence-corrected chi connectivity index (χ3v) is 6.99. The van der Waals surface area contributed by atoms with E-state index in [1.54, 1.807) is 30.3 Å². The topological polar surface area (TPSA) is 71.8 Å². The number of aryl methyl sites for hydroxylation is 1. The Bertz CT molecular complexity index is 1330. The Hall–Kier alpha value is -3.07. The summed E-state index contributed by atoms with van der Waals surface area (Å²) >= 11 is 13.7. The van der Waals surface area contributed by atoms with E-state index in [4.69, 9.17) is 23.2 Å². The fraction of sp³-hybridized carbons (Fsp3) is 0.160. The molecule has 0 radical (unpaired) electrons. The van der Waals surface area contributed by atoms with E-state index >= 15 is 0 Å². The van der Waals surface area contributed by atoms with Crippen LogP contribution in [-0.4, -0.2) is 20.8 Å². The number of hydrogen-bond donors (Lipinski definition) is 2. The van der Waals surface area contributed by atoms with Crippen LogP contribution in [0.3, 0.4) is 0 Å². The van der Waals surface area contributed by atoms with Gasteiger partial charge < -0.3 is 10.6 Å². The highest BCUT2D eigenvalue weighted by Crippen LogP contribution is 2.30. The maximum absolute atomic E-state index is 13.3.